The first-order valence-corrected chi connectivity index (χ1v) is 14.3. The first kappa shape index (κ1) is 32.4. The van der Waals surface area contributed by atoms with Gasteiger partial charge in [-0.15, -0.1) is 10.2 Å². The third-order valence-electron chi connectivity index (χ3n) is 6.82. The third kappa shape index (κ3) is 8.74. The maximum absolute atomic E-state index is 14.7. The summed E-state index contributed by atoms with van der Waals surface area (Å²) in [6.07, 6.45) is -1.82. The monoisotopic (exact) mass is 613 g/mol. The second-order valence-electron chi connectivity index (χ2n) is 11.7. The molecule has 1 aliphatic rings. The number of anilines is 1. The molecular weight excluding hydrogens is 576 g/mol. The fourth-order valence-corrected chi connectivity index (χ4v) is 4.64. The van der Waals surface area contributed by atoms with E-state index in [1.165, 1.54) is 0 Å². The Labute approximate surface area is 254 Å². The van der Waals surface area contributed by atoms with Crippen molar-refractivity contribution in [2.75, 3.05) is 18.4 Å². The molecule has 2 atom stereocenters. The number of nitrogens with one attached hydrogen (secondary N) is 2. The van der Waals surface area contributed by atoms with E-state index in [4.69, 9.17) is 13.9 Å². The van der Waals surface area contributed by atoms with Gasteiger partial charge in [0.15, 0.2) is 0 Å². The van der Waals surface area contributed by atoms with Crippen LogP contribution in [-0.2, 0) is 20.9 Å². The maximum atomic E-state index is 14.7. The molecule has 44 heavy (non-hydrogen) atoms. The lowest BCUT2D eigenvalue weighted by molar-refractivity contribution is -0.118. The summed E-state index contributed by atoms with van der Waals surface area (Å²) in [7, 11) is 0. The van der Waals surface area contributed by atoms with Gasteiger partial charge in [-0.25, -0.2) is 18.4 Å². The van der Waals surface area contributed by atoms with Gasteiger partial charge < -0.3 is 29.4 Å². The summed E-state index contributed by atoms with van der Waals surface area (Å²) in [5, 5.41) is 13.4. The van der Waals surface area contributed by atoms with Crippen molar-refractivity contribution in [3.05, 3.63) is 65.5 Å². The molecule has 11 nitrogen and oxygen atoms in total. The van der Waals surface area contributed by atoms with Crippen LogP contribution in [0.5, 0.6) is 0 Å². The summed E-state index contributed by atoms with van der Waals surface area (Å²) in [4.78, 5) is 38.8. The average molecular weight is 614 g/mol. The van der Waals surface area contributed by atoms with Gasteiger partial charge in [0.2, 0.25) is 17.7 Å². The zero-order chi connectivity index (χ0) is 32.1. The highest BCUT2D eigenvalue weighted by molar-refractivity contribution is 5.97. The molecule has 2 heterocycles. The molecule has 1 unspecified atom stereocenters. The lowest BCUT2D eigenvalue weighted by Crippen LogP contribution is -2.49. The molecular formula is C31H37F2N5O6. The number of carbonyl (C=O) groups is 3. The third-order valence-corrected chi connectivity index (χ3v) is 6.82. The molecule has 1 fully saturated rings. The fourth-order valence-electron chi connectivity index (χ4n) is 4.64. The number of alkyl carbamates (subject to hydrolysis) is 1. The number of hydrogen-bond donors (Lipinski definition) is 2. The van der Waals surface area contributed by atoms with Gasteiger partial charge in [-0.1, -0.05) is 43.3 Å². The normalized spacial score (nSPS) is 17.0. The minimum absolute atomic E-state index is 0.0422. The number of aryl methyl sites for hydroxylation is 1. The van der Waals surface area contributed by atoms with Crippen molar-refractivity contribution in [1.82, 2.24) is 20.4 Å². The molecule has 1 saturated heterocycles. The summed E-state index contributed by atoms with van der Waals surface area (Å²) in [6, 6.07) is 13.1. The molecule has 1 aromatic heterocycles. The Bertz CT molecular complexity index is 1470. The number of rotatable bonds is 8. The summed E-state index contributed by atoms with van der Waals surface area (Å²) in [5.41, 5.74) is 1.63. The number of ether oxygens (including phenoxy) is 2. The van der Waals surface area contributed by atoms with Crippen molar-refractivity contribution >= 4 is 23.8 Å². The number of halogens is 2. The number of benzene rings is 2. The van der Waals surface area contributed by atoms with Gasteiger partial charge in [0.25, 0.3) is 5.92 Å². The Morgan fingerprint density at radius 1 is 1.14 bits per heavy atom. The van der Waals surface area contributed by atoms with Gasteiger partial charge in [0.05, 0.1) is 12.5 Å². The van der Waals surface area contributed by atoms with Gasteiger partial charge in [0.1, 0.15) is 18.2 Å². The molecule has 0 saturated carbocycles. The summed E-state index contributed by atoms with van der Waals surface area (Å²) in [6.45, 7) is 7.82. The van der Waals surface area contributed by atoms with Gasteiger partial charge in [-0.05, 0) is 57.4 Å². The topological polar surface area (TPSA) is 136 Å². The lowest BCUT2D eigenvalue weighted by Gasteiger charge is -2.35. The van der Waals surface area contributed by atoms with Crippen LogP contribution in [-0.4, -0.2) is 63.8 Å². The number of aromatic nitrogens is 2. The number of alkyl halides is 2. The molecule has 1 aliphatic heterocycles. The second-order valence-corrected chi connectivity index (χ2v) is 11.7. The minimum Gasteiger partial charge on any atom is -0.445 e. The predicted molar refractivity (Wildman–Crippen MR) is 157 cm³/mol. The number of nitrogens with zero attached hydrogens (tertiary/aromatic N) is 3. The van der Waals surface area contributed by atoms with Gasteiger partial charge >= 0.3 is 12.2 Å². The number of hydrogen-bond acceptors (Lipinski definition) is 8. The zero-order valence-corrected chi connectivity index (χ0v) is 25.4. The Balaban J connectivity index is 1.44. The van der Waals surface area contributed by atoms with E-state index < -0.39 is 54.5 Å². The van der Waals surface area contributed by atoms with Crippen LogP contribution in [0.25, 0.3) is 11.5 Å². The van der Waals surface area contributed by atoms with Crippen molar-refractivity contribution in [2.45, 2.75) is 77.6 Å². The first-order valence-electron chi connectivity index (χ1n) is 14.3. The summed E-state index contributed by atoms with van der Waals surface area (Å²) in [5.74, 6) is -4.54. The fraction of sp³-hybridized carbons (Fsp3) is 0.452. The van der Waals surface area contributed by atoms with Crippen molar-refractivity contribution in [3.63, 3.8) is 0 Å². The van der Waals surface area contributed by atoms with Gasteiger partial charge in [-0.2, -0.15) is 0 Å². The summed E-state index contributed by atoms with van der Waals surface area (Å²) >= 11 is 0. The largest absolute Gasteiger partial charge is 0.445 e. The standard InChI is InChI=1S/C31H37F2N5O6/c1-6-23(35-28(40)44-30(3,4)5)25(39)34-24-14-21(13-12-19(24)2)26-36-37-27(43-26)22-15-31(32,33)18-38(16-22)29(41)42-17-20-10-8-7-9-11-20/h7-14,22-23H,6,15-18H2,1-5H3,(H,34,39)(H,35,40)/t22?,23-/m0/s1. The van der Waals surface area contributed by atoms with E-state index >= 15 is 0 Å². The molecule has 3 amide bonds. The van der Waals surface area contributed by atoms with Crippen molar-refractivity contribution < 1.29 is 37.1 Å². The van der Waals surface area contributed by atoms with Crippen LogP contribution in [0.2, 0.25) is 0 Å². The van der Waals surface area contributed by atoms with Crippen LogP contribution in [0.3, 0.4) is 0 Å². The molecule has 0 spiro atoms. The van der Waals surface area contributed by atoms with E-state index in [0.29, 0.717) is 17.7 Å². The SMILES string of the molecule is CC[C@H](NC(=O)OC(C)(C)C)C(=O)Nc1cc(-c2nnc(C3CN(C(=O)OCc4ccccc4)CC(F)(F)C3)o2)ccc1C. The quantitative estimate of drug-likeness (QED) is 0.314. The smallest absolute Gasteiger partial charge is 0.410 e. The zero-order valence-electron chi connectivity index (χ0n) is 25.4. The second kappa shape index (κ2) is 13.4. The Morgan fingerprint density at radius 3 is 2.55 bits per heavy atom. The van der Waals surface area contributed by atoms with E-state index in [0.717, 1.165) is 16.0 Å². The van der Waals surface area contributed by atoms with E-state index in [2.05, 4.69) is 20.8 Å². The highest BCUT2D eigenvalue weighted by Gasteiger charge is 2.45. The molecule has 236 valence electrons. The maximum Gasteiger partial charge on any atom is 0.410 e. The van der Waals surface area contributed by atoms with E-state index in [9.17, 15) is 23.2 Å². The van der Waals surface area contributed by atoms with Gasteiger partial charge in [-0.3, -0.25) is 4.79 Å². The van der Waals surface area contributed by atoms with Crippen LogP contribution < -0.4 is 10.6 Å². The summed E-state index contributed by atoms with van der Waals surface area (Å²) < 4.78 is 45.7. The van der Waals surface area contributed by atoms with Gasteiger partial charge in [0, 0.05) is 24.2 Å². The van der Waals surface area contributed by atoms with E-state index in [1.54, 1.807) is 77.1 Å². The highest BCUT2D eigenvalue weighted by atomic mass is 19.3. The molecule has 0 radical (unpaired) electrons. The first-order chi connectivity index (χ1) is 20.7. The molecule has 0 aliphatic carbocycles. The van der Waals surface area contributed by atoms with Crippen molar-refractivity contribution in [1.29, 1.82) is 0 Å². The van der Waals surface area contributed by atoms with Crippen LogP contribution in [0.15, 0.2) is 52.9 Å². The average Bonchev–Trinajstić information content (AvgIpc) is 3.45. The van der Waals surface area contributed by atoms with Crippen LogP contribution in [0.1, 0.15) is 63.5 Å². The van der Waals surface area contributed by atoms with Crippen LogP contribution in [0.4, 0.5) is 24.1 Å². The van der Waals surface area contributed by atoms with Crippen molar-refractivity contribution in [2.24, 2.45) is 0 Å². The molecule has 0 bridgehead atoms. The molecule has 2 N–H and O–H groups in total. The number of piperidine rings is 1. The molecule has 2 aromatic carbocycles. The van der Waals surface area contributed by atoms with Crippen LogP contribution in [0, 0.1) is 6.92 Å². The highest BCUT2D eigenvalue weighted by Crippen LogP contribution is 2.37. The van der Waals surface area contributed by atoms with E-state index in [-0.39, 0.29) is 24.9 Å². The Morgan fingerprint density at radius 2 is 1.86 bits per heavy atom. The molecule has 13 heteroatoms. The van der Waals surface area contributed by atoms with E-state index in [1.807, 2.05) is 6.07 Å². The Kier molecular flexibility index (Phi) is 9.85. The Hall–Kier alpha value is -4.55. The minimum atomic E-state index is -3.19. The van der Waals surface area contributed by atoms with Crippen LogP contribution >= 0.6 is 0 Å². The number of amides is 3. The predicted octanol–water partition coefficient (Wildman–Crippen LogP) is 6.05. The molecule has 3 aromatic rings. The van der Waals surface area contributed by atoms with Crippen molar-refractivity contribution in [3.8, 4) is 11.5 Å². The molecule has 4 rings (SSSR count). The number of carbonyl (C=O) groups excluding carboxylic acids is 3. The number of likely N-dealkylation sites (tertiary alicyclic amines) is 1. The lowest BCUT2D eigenvalue weighted by atomic mass is 9.95.